The molecule has 3 rings (SSSR count). The average molecular weight is 390 g/mol. The first-order chi connectivity index (χ1) is 12.9. The maximum atomic E-state index is 12.6. The van der Waals surface area contributed by atoms with Crippen molar-refractivity contribution in [2.24, 2.45) is 0 Å². The Labute approximate surface area is 162 Å². The van der Waals surface area contributed by atoms with Crippen molar-refractivity contribution >= 4 is 28.9 Å². The lowest BCUT2D eigenvalue weighted by Gasteiger charge is -2.18. The summed E-state index contributed by atoms with van der Waals surface area (Å²) >= 11 is 5.82. The van der Waals surface area contributed by atoms with Crippen LogP contribution in [-0.4, -0.2) is 42.0 Å². The molecule has 0 saturated heterocycles. The largest absolute Gasteiger partial charge is 0.492 e. The maximum Gasteiger partial charge on any atom is 0.293 e. The molecule has 0 aromatic heterocycles. The zero-order chi connectivity index (χ0) is 19.4. The molecule has 142 valence electrons. The Balaban J connectivity index is 1.60. The molecule has 0 aliphatic heterocycles. The molecule has 2 aromatic rings. The number of nitro benzene ring substituents is 1. The Morgan fingerprint density at radius 3 is 2.63 bits per heavy atom. The van der Waals surface area contributed by atoms with E-state index in [1.807, 2.05) is 0 Å². The van der Waals surface area contributed by atoms with Gasteiger partial charge in [-0.3, -0.25) is 14.9 Å². The number of carbonyl (C=O) groups is 1. The molecule has 27 heavy (non-hydrogen) atoms. The third-order valence-corrected chi connectivity index (χ3v) is 4.49. The molecule has 0 bridgehead atoms. The van der Waals surface area contributed by atoms with Gasteiger partial charge < -0.3 is 15.0 Å². The summed E-state index contributed by atoms with van der Waals surface area (Å²) in [4.78, 5) is 24.9. The monoisotopic (exact) mass is 389 g/mol. The highest BCUT2D eigenvalue weighted by Crippen LogP contribution is 2.31. The van der Waals surface area contributed by atoms with Crippen LogP contribution in [0.25, 0.3) is 0 Å². The van der Waals surface area contributed by atoms with Gasteiger partial charge in [0.05, 0.1) is 11.5 Å². The lowest BCUT2D eigenvalue weighted by molar-refractivity contribution is -0.384. The molecular formula is C19H20ClN3O4. The Bertz CT molecular complexity index is 837. The number of ether oxygens (including phenoxy) is 1. The predicted molar refractivity (Wildman–Crippen MR) is 104 cm³/mol. The third-order valence-electron chi connectivity index (χ3n) is 4.23. The van der Waals surface area contributed by atoms with E-state index in [9.17, 15) is 14.9 Å². The minimum absolute atomic E-state index is 0.0847. The molecule has 7 nitrogen and oxygen atoms in total. The van der Waals surface area contributed by atoms with Crippen molar-refractivity contribution in [2.75, 3.05) is 25.5 Å². The van der Waals surface area contributed by atoms with Crippen molar-refractivity contribution in [3.8, 4) is 5.75 Å². The summed E-state index contributed by atoms with van der Waals surface area (Å²) < 4.78 is 5.58. The van der Waals surface area contributed by atoms with Crippen LogP contribution in [0.15, 0.2) is 42.5 Å². The number of carbonyl (C=O) groups excluding carboxylic acids is 1. The fourth-order valence-corrected chi connectivity index (χ4v) is 2.66. The molecule has 1 amide bonds. The van der Waals surface area contributed by atoms with Gasteiger partial charge in [-0.25, -0.2) is 0 Å². The second-order valence-electron chi connectivity index (χ2n) is 6.44. The van der Waals surface area contributed by atoms with Crippen molar-refractivity contribution in [2.45, 2.75) is 18.9 Å². The zero-order valence-electron chi connectivity index (χ0n) is 14.9. The van der Waals surface area contributed by atoms with E-state index in [0.29, 0.717) is 29.6 Å². The molecular weight excluding hydrogens is 370 g/mol. The number of benzene rings is 2. The molecule has 2 aromatic carbocycles. The second kappa shape index (κ2) is 8.26. The molecule has 1 aliphatic carbocycles. The molecule has 1 aliphatic rings. The highest BCUT2D eigenvalue weighted by atomic mass is 35.5. The second-order valence-corrected chi connectivity index (χ2v) is 6.87. The summed E-state index contributed by atoms with van der Waals surface area (Å²) in [7, 11) is 1.63. The van der Waals surface area contributed by atoms with Crippen LogP contribution in [0.2, 0.25) is 5.02 Å². The van der Waals surface area contributed by atoms with Crippen LogP contribution in [0, 0.1) is 10.1 Å². The van der Waals surface area contributed by atoms with Crippen LogP contribution in [0.3, 0.4) is 0 Å². The summed E-state index contributed by atoms with van der Waals surface area (Å²) in [6, 6.07) is 11.8. The lowest BCUT2D eigenvalue weighted by Crippen LogP contribution is -2.31. The van der Waals surface area contributed by atoms with E-state index in [0.717, 1.165) is 12.8 Å². The number of nitro groups is 1. The van der Waals surface area contributed by atoms with E-state index in [1.54, 1.807) is 43.4 Å². The molecule has 1 N–H and O–H groups in total. The van der Waals surface area contributed by atoms with Crippen molar-refractivity contribution in [1.29, 1.82) is 0 Å². The fourth-order valence-electron chi connectivity index (χ4n) is 2.54. The van der Waals surface area contributed by atoms with Gasteiger partial charge in [0.1, 0.15) is 18.0 Å². The van der Waals surface area contributed by atoms with E-state index >= 15 is 0 Å². The van der Waals surface area contributed by atoms with Crippen LogP contribution in [-0.2, 0) is 0 Å². The van der Waals surface area contributed by atoms with Gasteiger partial charge in [0.2, 0.25) is 0 Å². The standard InChI is InChI=1S/C19H20ClN3O4/c1-22(10-11-27-16-7-3-14(20)4-8-16)19(24)13-2-9-17(21-15-5-6-15)18(12-13)23(25)26/h2-4,7-9,12,15,21H,5-6,10-11H2,1H3. The third kappa shape index (κ3) is 5.10. The first-order valence-corrected chi connectivity index (χ1v) is 9.00. The quantitative estimate of drug-likeness (QED) is 0.545. The van der Waals surface area contributed by atoms with Crippen molar-refractivity contribution in [3.63, 3.8) is 0 Å². The van der Waals surface area contributed by atoms with Gasteiger partial charge in [0.25, 0.3) is 11.6 Å². The van der Waals surface area contributed by atoms with E-state index in [4.69, 9.17) is 16.3 Å². The number of likely N-dealkylation sites (N-methyl/N-ethyl adjacent to an activating group) is 1. The van der Waals surface area contributed by atoms with Gasteiger partial charge in [-0.15, -0.1) is 0 Å². The number of anilines is 1. The molecule has 8 heteroatoms. The highest BCUT2D eigenvalue weighted by Gasteiger charge is 2.26. The summed E-state index contributed by atoms with van der Waals surface area (Å²) in [6.07, 6.45) is 2.02. The van der Waals surface area contributed by atoms with Gasteiger partial charge in [-0.2, -0.15) is 0 Å². The van der Waals surface area contributed by atoms with Crippen LogP contribution < -0.4 is 10.1 Å². The molecule has 0 spiro atoms. The molecule has 0 radical (unpaired) electrons. The van der Waals surface area contributed by atoms with E-state index in [1.165, 1.54) is 11.0 Å². The highest BCUT2D eigenvalue weighted by molar-refractivity contribution is 6.30. The number of hydrogen-bond acceptors (Lipinski definition) is 5. The van der Waals surface area contributed by atoms with Gasteiger partial charge in [0, 0.05) is 29.7 Å². The summed E-state index contributed by atoms with van der Waals surface area (Å²) in [5.41, 5.74) is 0.642. The van der Waals surface area contributed by atoms with Crippen LogP contribution in [0.4, 0.5) is 11.4 Å². The normalized spacial score (nSPS) is 13.1. The van der Waals surface area contributed by atoms with Crippen LogP contribution >= 0.6 is 11.6 Å². The Morgan fingerprint density at radius 2 is 2.00 bits per heavy atom. The first-order valence-electron chi connectivity index (χ1n) is 8.63. The van der Waals surface area contributed by atoms with E-state index in [-0.39, 0.29) is 23.2 Å². The van der Waals surface area contributed by atoms with Crippen molar-refractivity contribution in [1.82, 2.24) is 4.90 Å². The smallest absolute Gasteiger partial charge is 0.293 e. The average Bonchev–Trinajstić information content (AvgIpc) is 3.47. The number of amides is 1. The number of nitrogens with one attached hydrogen (secondary N) is 1. The summed E-state index contributed by atoms with van der Waals surface area (Å²) in [6.45, 7) is 0.643. The lowest BCUT2D eigenvalue weighted by atomic mass is 10.1. The Hall–Kier alpha value is -2.80. The van der Waals surface area contributed by atoms with Gasteiger partial charge in [-0.05, 0) is 49.2 Å². The van der Waals surface area contributed by atoms with Crippen LogP contribution in [0.5, 0.6) is 5.75 Å². The van der Waals surface area contributed by atoms with E-state index in [2.05, 4.69) is 5.32 Å². The van der Waals surface area contributed by atoms with Crippen molar-refractivity contribution < 1.29 is 14.5 Å². The molecule has 1 saturated carbocycles. The topological polar surface area (TPSA) is 84.7 Å². The van der Waals surface area contributed by atoms with Gasteiger partial charge in [0.15, 0.2) is 0 Å². The van der Waals surface area contributed by atoms with Crippen molar-refractivity contribution in [3.05, 3.63) is 63.2 Å². The SMILES string of the molecule is CN(CCOc1ccc(Cl)cc1)C(=O)c1ccc(NC2CC2)c([N+](=O)[O-])c1. The molecule has 1 fully saturated rings. The number of rotatable bonds is 8. The fraction of sp³-hybridized carbons (Fsp3) is 0.316. The van der Waals surface area contributed by atoms with Gasteiger partial charge >= 0.3 is 0 Å². The zero-order valence-corrected chi connectivity index (χ0v) is 15.6. The van der Waals surface area contributed by atoms with E-state index < -0.39 is 4.92 Å². The Morgan fingerprint density at radius 1 is 1.30 bits per heavy atom. The van der Waals surface area contributed by atoms with Crippen LogP contribution in [0.1, 0.15) is 23.2 Å². The van der Waals surface area contributed by atoms with Gasteiger partial charge in [-0.1, -0.05) is 11.6 Å². The molecule has 0 atom stereocenters. The minimum Gasteiger partial charge on any atom is -0.492 e. The predicted octanol–water partition coefficient (Wildman–Crippen LogP) is 3.97. The summed E-state index contributed by atoms with van der Waals surface area (Å²) in [5.74, 6) is 0.363. The number of nitrogens with zero attached hydrogens (tertiary/aromatic N) is 2. The maximum absolute atomic E-state index is 12.6. The number of halogens is 1. The minimum atomic E-state index is -0.467. The Kier molecular flexibility index (Phi) is 5.81. The first kappa shape index (κ1) is 19.0. The molecule has 0 heterocycles. The molecule has 0 unspecified atom stereocenters. The number of hydrogen-bond donors (Lipinski definition) is 1. The summed E-state index contributed by atoms with van der Waals surface area (Å²) in [5, 5.41) is 15.1.